The molecule has 0 unspecified atom stereocenters. The quantitative estimate of drug-likeness (QED) is 0.569. The zero-order chi connectivity index (χ0) is 14.1. The molecule has 0 fully saturated rings. The first-order valence-corrected chi connectivity index (χ1v) is 5.47. The molecular formula is C12H15N5O2. The van der Waals surface area contributed by atoms with Gasteiger partial charge in [0.2, 0.25) is 0 Å². The van der Waals surface area contributed by atoms with E-state index in [2.05, 4.69) is 15.1 Å². The number of hydrogen-bond acceptors (Lipinski definition) is 4. The number of H-pyrrole nitrogens is 1. The smallest absolute Gasteiger partial charge is 0.290 e. The van der Waals surface area contributed by atoms with E-state index in [0.29, 0.717) is 6.54 Å². The second-order valence-electron chi connectivity index (χ2n) is 3.64. The van der Waals surface area contributed by atoms with Crippen LogP contribution >= 0.6 is 0 Å². The highest BCUT2D eigenvalue weighted by Crippen LogP contribution is 2.02. The van der Waals surface area contributed by atoms with Crippen molar-refractivity contribution < 1.29 is 9.90 Å². The van der Waals surface area contributed by atoms with Crippen molar-refractivity contribution in [3.63, 3.8) is 0 Å². The van der Waals surface area contributed by atoms with E-state index < -0.39 is 0 Å². The molecule has 2 aromatic rings. The highest BCUT2D eigenvalue weighted by molar-refractivity contribution is 5.74. The number of allylic oxidation sites excluding steroid dienone is 1. The molecule has 3 N–H and O–H groups in total. The van der Waals surface area contributed by atoms with Gasteiger partial charge in [-0.25, -0.2) is 4.98 Å². The summed E-state index contributed by atoms with van der Waals surface area (Å²) in [4.78, 5) is 15.7. The number of aryl methyl sites for hydroxylation is 1. The maximum Gasteiger partial charge on any atom is 0.290 e. The number of imidazole rings is 1. The molecule has 0 radical (unpaired) electrons. The standard InChI is InChI=1S/C11H13N5.CH2O2/c1-9-5-14-16(7-9)8-10-6-13-11(15-10)3-2-4-12;2-1-3/h2-7,12H,8H2,1H3,(H,13,15);1H,(H,2,3)/b3-2-,12-4?;. The topological polar surface area (TPSA) is 108 Å². The lowest BCUT2D eigenvalue weighted by Gasteiger charge is -1.96. The Morgan fingerprint density at radius 3 is 2.84 bits per heavy atom. The highest BCUT2D eigenvalue weighted by Gasteiger charge is 1.99. The molecule has 0 saturated heterocycles. The Morgan fingerprint density at radius 1 is 1.53 bits per heavy atom. The van der Waals surface area contributed by atoms with Crippen molar-refractivity contribution in [1.29, 1.82) is 5.41 Å². The molecule has 0 aliphatic rings. The first kappa shape index (κ1) is 14.4. The minimum absolute atomic E-state index is 0.250. The van der Waals surface area contributed by atoms with Crippen LogP contribution in [0.25, 0.3) is 6.08 Å². The van der Waals surface area contributed by atoms with Gasteiger partial charge in [-0.2, -0.15) is 5.10 Å². The molecule has 0 spiro atoms. The number of nitrogens with one attached hydrogen (secondary N) is 2. The number of aromatic amines is 1. The van der Waals surface area contributed by atoms with E-state index in [1.54, 1.807) is 18.3 Å². The highest BCUT2D eigenvalue weighted by atomic mass is 16.3. The SMILES string of the molecule is Cc1cnn(Cc2cnc(/C=C\C=N)[nH]2)c1.O=CO. The predicted octanol–water partition coefficient (Wildman–Crippen LogP) is 1.33. The summed E-state index contributed by atoms with van der Waals surface area (Å²) in [5.41, 5.74) is 2.14. The number of rotatable bonds is 4. The number of carboxylic acid groups (broad SMARTS) is 1. The van der Waals surface area contributed by atoms with Crippen LogP contribution in [0.3, 0.4) is 0 Å². The molecule has 0 amide bonds. The molecule has 0 aromatic carbocycles. The zero-order valence-corrected chi connectivity index (χ0v) is 10.4. The van der Waals surface area contributed by atoms with Crippen LogP contribution in [-0.2, 0) is 11.3 Å². The maximum absolute atomic E-state index is 8.36. The van der Waals surface area contributed by atoms with Gasteiger partial charge in [0.1, 0.15) is 5.82 Å². The van der Waals surface area contributed by atoms with E-state index >= 15 is 0 Å². The van der Waals surface area contributed by atoms with Crippen LogP contribution in [0.15, 0.2) is 24.7 Å². The fraction of sp³-hybridized carbons (Fsp3) is 0.167. The average molecular weight is 261 g/mol. The van der Waals surface area contributed by atoms with Gasteiger partial charge in [0.05, 0.1) is 24.6 Å². The minimum atomic E-state index is -0.250. The molecular weight excluding hydrogens is 246 g/mol. The Morgan fingerprint density at radius 2 is 2.26 bits per heavy atom. The van der Waals surface area contributed by atoms with Crippen molar-refractivity contribution in [3.05, 3.63) is 41.7 Å². The fourth-order valence-corrected chi connectivity index (χ4v) is 1.41. The molecule has 2 rings (SSSR count). The summed E-state index contributed by atoms with van der Waals surface area (Å²) in [6.45, 7) is 2.44. The first-order valence-electron chi connectivity index (χ1n) is 5.47. The molecule has 0 saturated carbocycles. The van der Waals surface area contributed by atoms with Crippen LogP contribution < -0.4 is 0 Å². The van der Waals surface area contributed by atoms with Gasteiger partial charge in [-0.3, -0.25) is 9.48 Å². The predicted molar refractivity (Wildman–Crippen MR) is 71.2 cm³/mol. The third kappa shape index (κ3) is 4.99. The van der Waals surface area contributed by atoms with Gasteiger partial charge in [0, 0.05) is 12.4 Å². The average Bonchev–Trinajstić information content (AvgIpc) is 2.98. The maximum atomic E-state index is 8.36. The normalized spacial score (nSPS) is 9.95. The number of nitrogens with zero attached hydrogens (tertiary/aromatic N) is 3. The van der Waals surface area contributed by atoms with E-state index in [1.807, 2.05) is 24.0 Å². The second kappa shape index (κ2) is 7.59. The molecule has 0 bridgehead atoms. The lowest BCUT2D eigenvalue weighted by molar-refractivity contribution is -0.122. The van der Waals surface area contributed by atoms with Crippen LogP contribution in [0.2, 0.25) is 0 Å². The summed E-state index contributed by atoms with van der Waals surface area (Å²) in [5.74, 6) is 0.752. The molecule has 0 aliphatic carbocycles. The largest absolute Gasteiger partial charge is 0.483 e. The molecule has 0 atom stereocenters. The lowest BCUT2D eigenvalue weighted by Crippen LogP contribution is -1.99. The first-order chi connectivity index (χ1) is 9.19. The monoisotopic (exact) mass is 261 g/mol. The van der Waals surface area contributed by atoms with E-state index in [9.17, 15) is 0 Å². The van der Waals surface area contributed by atoms with E-state index in [1.165, 1.54) is 6.21 Å². The Hall–Kier alpha value is -2.70. The van der Waals surface area contributed by atoms with Crippen molar-refractivity contribution in [2.75, 3.05) is 0 Å². The Bertz CT molecular complexity index is 556. The van der Waals surface area contributed by atoms with Crippen LogP contribution in [0.4, 0.5) is 0 Å². The summed E-state index contributed by atoms with van der Waals surface area (Å²) in [6.07, 6.45) is 10.2. The van der Waals surface area contributed by atoms with Crippen LogP contribution in [-0.4, -0.2) is 37.5 Å². The third-order valence-electron chi connectivity index (χ3n) is 2.09. The summed E-state index contributed by atoms with van der Waals surface area (Å²) >= 11 is 0. The van der Waals surface area contributed by atoms with Gasteiger partial charge in [-0.1, -0.05) is 0 Å². The molecule has 7 heteroatoms. The summed E-state index contributed by atoms with van der Waals surface area (Å²) in [5, 5.41) is 18.0. The molecule has 2 aromatic heterocycles. The molecule has 0 aliphatic heterocycles. The summed E-state index contributed by atoms with van der Waals surface area (Å²) < 4.78 is 1.85. The van der Waals surface area contributed by atoms with Crippen molar-refractivity contribution >= 4 is 18.8 Å². The van der Waals surface area contributed by atoms with E-state index in [-0.39, 0.29) is 6.47 Å². The van der Waals surface area contributed by atoms with Crippen LogP contribution in [0.1, 0.15) is 17.1 Å². The van der Waals surface area contributed by atoms with Crippen molar-refractivity contribution in [3.8, 4) is 0 Å². The Labute approximate surface area is 110 Å². The van der Waals surface area contributed by atoms with Crippen molar-refractivity contribution in [2.45, 2.75) is 13.5 Å². The van der Waals surface area contributed by atoms with Crippen molar-refractivity contribution in [2.24, 2.45) is 0 Å². The number of carbonyl (C=O) groups is 1. The van der Waals surface area contributed by atoms with Gasteiger partial charge in [0.25, 0.3) is 6.47 Å². The fourth-order valence-electron chi connectivity index (χ4n) is 1.41. The minimum Gasteiger partial charge on any atom is -0.483 e. The van der Waals surface area contributed by atoms with Crippen LogP contribution in [0.5, 0.6) is 0 Å². The van der Waals surface area contributed by atoms with Gasteiger partial charge in [-0.15, -0.1) is 0 Å². The zero-order valence-electron chi connectivity index (χ0n) is 10.4. The van der Waals surface area contributed by atoms with Crippen LogP contribution in [0, 0.1) is 12.3 Å². The third-order valence-corrected chi connectivity index (χ3v) is 2.09. The van der Waals surface area contributed by atoms with Gasteiger partial charge >= 0.3 is 0 Å². The van der Waals surface area contributed by atoms with Gasteiger partial charge < -0.3 is 15.5 Å². The van der Waals surface area contributed by atoms with Crippen molar-refractivity contribution in [1.82, 2.24) is 19.7 Å². The summed E-state index contributed by atoms with van der Waals surface area (Å²) in [7, 11) is 0. The van der Waals surface area contributed by atoms with Gasteiger partial charge in [0.15, 0.2) is 0 Å². The van der Waals surface area contributed by atoms with E-state index in [0.717, 1.165) is 17.1 Å². The lowest BCUT2D eigenvalue weighted by atomic mass is 10.4. The van der Waals surface area contributed by atoms with E-state index in [4.69, 9.17) is 15.3 Å². The molecule has 100 valence electrons. The Kier molecular flexibility index (Phi) is 5.74. The summed E-state index contributed by atoms with van der Waals surface area (Å²) in [6, 6.07) is 0. The van der Waals surface area contributed by atoms with Gasteiger partial charge in [-0.05, 0) is 24.6 Å². The second-order valence-corrected chi connectivity index (χ2v) is 3.64. The molecule has 19 heavy (non-hydrogen) atoms. The molecule has 7 nitrogen and oxygen atoms in total. The number of aromatic nitrogens is 4. The molecule has 2 heterocycles. The Balaban J connectivity index is 0.000000550. The number of hydrogen-bond donors (Lipinski definition) is 3.